The molecular formula is C18H19N5O4S2. The summed E-state index contributed by atoms with van der Waals surface area (Å²) in [5.41, 5.74) is 1.99. The fourth-order valence-corrected chi connectivity index (χ4v) is 4.99. The third kappa shape index (κ3) is 5.13. The number of sulfonamides is 1. The molecule has 9 nitrogen and oxygen atoms in total. The number of aromatic nitrogens is 3. The molecule has 0 bridgehead atoms. The number of hydrogen-bond acceptors (Lipinski definition) is 8. The highest BCUT2D eigenvalue weighted by Crippen LogP contribution is 2.27. The number of nitrogens with zero attached hydrogens (tertiary/aromatic N) is 3. The smallest absolute Gasteiger partial charge is 0.252 e. The second-order valence-corrected chi connectivity index (χ2v) is 8.96. The number of anilines is 1. The van der Waals surface area contributed by atoms with Crippen LogP contribution in [-0.2, 0) is 21.4 Å². The van der Waals surface area contributed by atoms with E-state index < -0.39 is 10.0 Å². The number of ether oxygens (including phenoxy) is 1. The monoisotopic (exact) mass is 433 g/mol. The summed E-state index contributed by atoms with van der Waals surface area (Å²) in [6, 6.07) is 8.82. The molecule has 152 valence electrons. The average molecular weight is 434 g/mol. The van der Waals surface area contributed by atoms with Crippen LogP contribution in [-0.4, -0.2) is 36.4 Å². The second kappa shape index (κ2) is 8.64. The molecule has 0 aliphatic rings. The van der Waals surface area contributed by atoms with Crippen molar-refractivity contribution < 1.29 is 17.9 Å². The number of amides is 1. The lowest BCUT2D eigenvalue weighted by Gasteiger charge is -2.09. The number of carbonyl (C=O) groups is 1. The van der Waals surface area contributed by atoms with Gasteiger partial charge in [-0.25, -0.2) is 23.1 Å². The van der Waals surface area contributed by atoms with E-state index in [9.17, 15) is 13.2 Å². The van der Waals surface area contributed by atoms with Crippen LogP contribution >= 0.6 is 11.3 Å². The van der Waals surface area contributed by atoms with Gasteiger partial charge in [-0.15, -0.1) is 0 Å². The molecule has 0 fully saturated rings. The van der Waals surface area contributed by atoms with Crippen LogP contribution in [0.2, 0.25) is 0 Å². The minimum atomic E-state index is -3.84. The number of thiazole rings is 1. The molecule has 11 heteroatoms. The summed E-state index contributed by atoms with van der Waals surface area (Å²) in [7, 11) is -2.32. The summed E-state index contributed by atoms with van der Waals surface area (Å²) in [5, 5.41) is 2.72. The minimum absolute atomic E-state index is 0.0362. The summed E-state index contributed by atoms with van der Waals surface area (Å²) < 4.78 is 33.3. The van der Waals surface area contributed by atoms with Gasteiger partial charge in [-0.2, -0.15) is 0 Å². The van der Waals surface area contributed by atoms with Crippen molar-refractivity contribution in [2.75, 3.05) is 12.4 Å². The Morgan fingerprint density at radius 2 is 2.00 bits per heavy atom. The number of nitrogens with one attached hydrogen (secondary N) is 2. The largest absolute Gasteiger partial charge is 0.497 e. The zero-order valence-electron chi connectivity index (χ0n) is 16.0. The third-order valence-electron chi connectivity index (χ3n) is 3.74. The molecule has 0 atom stereocenters. The first-order valence-electron chi connectivity index (χ1n) is 8.49. The van der Waals surface area contributed by atoms with Gasteiger partial charge in [0.25, 0.3) is 10.0 Å². The van der Waals surface area contributed by atoms with E-state index in [2.05, 4.69) is 25.0 Å². The molecular weight excluding hydrogens is 414 g/mol. The Hall–Kier alpha value is -2.89. The van der Waals surface area contributed by atoms with Crippen LogP contribution in [0.25, 0.3) is 11.4 Å². The summed E-state index contributed by atoms with van der Waals surface area (Å²) in [4.78, 5) is 24.0. The number of carbonyl (C=O) groups excluding carboxylic acids is 1. The lowest BCUT2D eigenvalue weighted by molar-refractivity contribution is -0.114. The fourth-order valence-electron chi connectivity index (χ4n) is 2.48. The van der Waals surface area contributed by atoms with Gasteiger partial charge in [0, 0.05) is 25.3 Å². The van der Waals surface area contributed by atoms with Gasteiger partial charge >= 0.3 is 0 Å². The van der Waals surface area contributed by atoms with E-state index in [1.165, 1.54) is 14.0 Å². The summed E-state index contributed by atoms with van der Waals surface area (Å²) >= 11 is 0.889. The van der Waals surface area contributed by atoms with E-state index >= 15 is 0 Å². The highest BCUT2D eigenvalue weighted by Gasteiger charge is 2.22. The molecule has 0 spiro atoms. The SMILES string of the molecule is COc1cc(CNS(=O)(=O)c2sc(NC(C)=O)nc2C)nc(-c2ccccn2)c1. The van der Waals surface area contributed by atoms with E-state index in [0.29, 0.717) is 28.5 Å². The summed E-state index contributed by atoms with van der Waals surface area (Å²) in [6.07, 6.45) is 1.65. The van der Waals surface area contributed by atoms with Crippen molar-refractivity contribution in [3.63, 3.8) is 0 Å². The van der Waals surface area contributed by atoms with Gasteiger partial charge < -0.3 is 10.1 Å². The Bertz CT molecular complexity index is 1130. The first-order valence-corrected chi connectivity index (χ1v) is 10.8. The van der Waals surface area contributed by atoms with Crippen molar-refractivity contribution in [3.8, 4) is 17.1 Å². The maximum Gasteiger partial charge on any atom is 0.252 e. The molecule has 3 aromatic heterocycles. The predicted molar refractivity (Wildman–Crippen MR) is 109 cm³/mol. The van der Waals surface area contributed by atoms with Gasteiger partial charge in [-0.3, -0.25) is 9.78 Å². The van der Waals surface area contributed by atoms with Crippen LogP contribution in [0.4, 0.5) is 5.13 Å². The molecule has 0 aliphatic carbocycles. The molecule has 3 heterocycles. The molecule has 0 aromatic carbocycles. The Kier molecular flexibility index (Phi) is 6.20. The fraction of sp³-hybridized carbons (Fsp3) is 0.222. The molecule has 1 amide bonds. The van der Waals surface area contributed by atoms with Crippen molar-refractivity contribution in [2.24, 2.45) is 0 Å². The van der Waals surface area contributed by atoms with Crippen molar-refractivity contribution in [1.29, 1.82) is 0 Å². The van der Waals surface area contributed by atoms with Gasteiger partial charge in [0.1, 0.15) is 5.75 Å². The van der Waals surface area contributed by atoms with Crippen molar-refractivity contribution >= 4 is 32.4 Å². The predicted octanol–water partition coefficient (Wildman–Crippen LogP) is 2.35. The number of methoxy groups -OCH3 is 1. The van der Waals surface area contributed by atoms with Crippen LogP contribution in [0, 0.1) is 6.92 Å². The quantitative estimate of drug-likeness (QED) is 0.586. The molecule has 3 rings (SSSR count). The first kappa shape index (κ1) is 20.8. The van der Waals surface area contributed by atoms with Gasteiger partial charge in [0.2, 0.25) is 5.91 Å². The normalized spacial score (nSPS) is 11.3. The summed E-state index contributed by atoms with van der Waals surface area (Å²) in [6.45, 7) is 2.85. The number of hydrogen-bond donors (Lipinski definition) is 2. The average Bonchev–Trinajstić information content (AvgIpc) is 3.07. The first-order chi connectivity index (χ1) is 13.8. The Morgan fingerprint density at radius 1 is 1.21 bits per heavy atom. The van der Waals surface area contributed by atoms with Gasteiger partial charge in [0.05, 0.1) is 36.4 Å². The van der Waals surface area contributed by atoms with Crippen LogP contribution in [0.1, 0.15) is 18.3 Å². The maximum absolute atomic E-state index is 12.7. The summed E-state index contributed by atoms with van der Waals surface area (Å²) in [5.74, 6) is 0.218. The van der Waals surface area contributed by atoms with Crippen molar-refractivity contribution in [2.45, 2.75) is 24.6 Å². The van der Waals surface area contributed by atoms with E-state index in [-0.39, 0.29) is 21.8 Å². The zero-order valence-corrected chi connectivity index (χ0v) is 17.6. The molecule has 0 saturated carbocycles. The molecule has 0 saturated heterocycles. The van der Waals surface area contributed by atoms with Gasteiger partial charge in [-0.05, 0) is 19.1 Å². The molecule has 0 unspecified atom stereocenters. The van der Waals surface area contributed by atoms with Gasteiger partial charge in [-0.1, -0.05) is 17.4 Å². The number of aryl methyl sites for hydroxylation is 1. The number of pyridine rings is 2. The molecule has 29 heavy (non-hydrogen) atoms. The van der Waals surface area contributed by atoms with Crippen LogP contribution in [0.5, 0.6) is 5.75 Å². The minimum Gasteiger partial charge on any atom is -0.497 e. The molecule has 2 N–H and O–H groups in total. The van der Waals surface area contributed by atoms with E-state index in [4.69, 9.17) is 4.74 Å². The maximum atomic E-state index is 12.7. The second-order valence-electron chi connectivity index (χ2n) is 6.00. The molecule has 0 aliphatic heterocycles. The van der Waals surface area contributed by atoms with Gasteiger partial charge in [0.15, 0.2) is 9.34 Å². The highest BCUT2D eigenvalue weighted by atomic mass is 32.2. The van der Waals surface area contributed by atoms with Crippen molar-refractivity contribution in [1.82, 2.24) is 19.7 Å². The van der Waals surface area contributed by atoms with E-state index in [0.717, 1.165) is 11.3 Å². The Morgan fingerprint density at radius 3 is 2.66 bits per heavy atom. The van der Waals surface area contributed by atoms with E-state index in [1.54, 1.807) is 37.4 Å². The third-order valence-corrected chi connectivity index (χ3v) is 6.82. The van der Waals surface area contributed by atoms with Crippen LogP contribution in [0.15, 0.2) is 40.7 Å². The molecule has 0 radical (unpaired) electrons. The standard InChI is InChI=1S/C18H19N5O4S2/c1-11-17(28-18(21-11)22-12(2)24)29(25,26)20-10-13-8-14(27-3)9-16(23-13)15-6-4-5-7-19-15/h4-9,20H,10H2,1-3H3,(H,21,22,24). The van der Waals surface area contributed by atoms with Crippen LogP contribution < -0.4 is 14.8 Å². The van der Waals surface area contributed by atoms with Crippen molar-refractivity contribution in [3.05, 3.63) is 47.9 Å². The lowest BCUT2D eigenvalue weighted by atomic mass is 10.2. The number of rotatable bonds is 7. The Labute approximate surface area is 172 Å². The Balaban J connectivity index is 1.83. The lowest BCUT2D eigenvalue weighted by Crippen LogP contribution is -2.23. The highest BCUT2D eigenvalue weighted by molar-refractivity contribution is 7.91. The zero-order chi connectivity index (χ0) is 21.0. The topological polar surface area (TPSA) is 123 Å². The van der Waals surface area contributed by atoms with Crippen LogP contribution in [0.3, 0.4) is 0 Å². The molecule has 3 aromatic rings. The van der Waals surface area contributed by atoms with E-state index in [1.807, 2.05) is 6.07 Å².